The molecule has 0 aromatic carbocycles. The smallest absolute Gasteiger partial charge is 0.303 e. The van der Waals surface area contributed by atoms with E-state index in [1.54, 1.807) is 32.6 Å². The number of hydrogen-bond donors (Lipinski definition) is 1. The molecule has 0 saturated heterocycles. The van der Waals surface area contributed by atoms with Gasteiger partial charge >= 0.3 is 5.97 Å². The average molecular weight is 156 g/mol. The number of hydrogen-bond acceptors (Lipinski definition) is 1. The monoisotopic (exact) mass is 156 g/mol. The molecule has 11 heavy (non-hydrogen) atoms. The van der Waals surface area contributed by atoms with Crippen LogP contribution in [0.25, 0.3) is 0 Å². The van der Waals surface area contributed by atoms with Gasteiger partial charge in [-0.3, -0.25) is 4.79 Å². The van der Waals surface area contributed by atoms with Crippen LogP contribution in [0.4, 0.5) is 0 Å². The van der Waals surface area contributed by atoms with Crippen molar-refractivity contribution in [2.75, 3.05) is 0 Å². The zero-order chi connectivity index (χ0) is 8.27. The van der Waals surface area contributed by atoms with Crippen LogP contribution in [0.3, 0.4) is 0 Å². The largest absolute Gasteiger partial charge is 0.481 e. The van der Waals surface area contributed by atoms with Crippen LogP contribution in [0, 0.1) is 11.8 Å². The summed E-state index contributed by atoms with van der Waals surface area (Å²) in [5.74, 6) is 1.68. The van der Waals surface area contributed by atoms with Crippen LogP contribution in [-0.2, 0) is 4.79 Å². The van der Waals surface area contributed by atoms with E-state index in [4.69, 9.17) is 5.11 Å². The minimum atomic E-state index is -0.745. The molecule has 0 heterocycles. The molecule has 0 unspecified atom stereocenters. The predicted molar refractivity (Wildman–Crippen MR) is 43.4 cm³/mol. The molecule has 0 bridgehead atoms. The summed E-state index contributed by atoms with van der Waals surface area (Å²) in [6.45, 7) is 1.60. The van der Waals surface area contributed by atoms with Crippen molar-refractivity contribution in [2.24, 2.45) is 11.8 Å². The first-order valence-electron chi connectivity index (χ1n) is 4.45. The van der Waals surface area contributed by atoms with Gasteiger partial charge in [0.05, 0.1) is 0 Å². The summed E-state index contributed by atoms with van der Waals surface area (Å²) in [6, 6.07) is 0. The van der Waals surface area contributed by atoms with Gasteiger partial charge in [-0.05, 0) is 37.5 Å². The highest BCUT2D eigenvalue weighted by molar-refractivity contribution is 5.66. The molecule has 2 heteroatoms. The highest BCUT2D eigenvalue weighted by Gasteiger charge is 2.37. The van der Waals surface area contributed by atoms with Crippen molar-refractivity contribution in [1.82, 2.24) is 0 Å². The minimum absolute atomic E-state index is 0.222. The van der Waals surface area contributed by atoms with Crippen molar-refractivity contribution in [3.05, 3.63) is 0 Å². The van der Waals surface area contributed by atoms with Gasteiger partial charge in [0.15, 0.2) is 0 Å². The second kappa shape index (κ2) is 3.74. The molecule has 0 spiro atoms. The normalized spacial score (nSPS) is 21.9. The van der Waals surface area contributed by atoms with Gasteiger partial charge < -0.3 is 5.11 Å². The number of aliphatic carboxylic acids is 1. The Labute approximate surface area is 67.6 Å². The van der Waals surface area contributed by atoms with Gasteiger partial charge in [-0.2, -0.15) is 0 Å². The zero-order valence-electron chi connectivity index (χ0n) is 7.05. The standard InChI is InChI=1S/C6H10.C3H6O2/c1-2-5(1)6-3-4-6;1-2-3(4)5/h5-6H,1-4H2;2H2,1H3,(H,4,5). The molecule has 0 aromatic rings. The van der Waals surface area contributed by atoms with Crippen molar-refractivity contribution in [1.29, 1.82) is 0 Å². The predicted octanol–water partition coefficient (Wildman–Crippen LogP) is 2.29. The lowest BCUT2D eigenvalue weighted by Crippen LogP contribution is -1.86. The molecule has 0 amide bonds. The lowest BCUT2D eigenvalue weighted by molar-refractivity contribution is -0.136. The first kappa shape index (κ1) is 8.57. The third kappa shape index (κ3) is 4.02. The molecule has 2 aliphatic carbocycles. The lowest BCUT2D eigenvalue weighted by atomic mass is 10.3. The van der Waals surface area contributed by atoms with Crippen LogP contribution in [0.2, 0.25) is 0 Å². The van der Waals surface area contributed by atoms with Crippen molar-refractivity contribution in [2.45, 2.75) is 39.0 Å². The molecule has 2 rings (SSSR count). The molecule has 1 N–H and O–H groups in total. The molecule has 0 radical (unpaired) electrons. The highest BCUT2D eigenvalue weighted by atomic mass is 16.4. The highest BCUT2D eigenvalue weighted by Crippen LogP contribution is 2.49. The van der Waals surface area contributed by atoms with Gasteiger partial charge in [0.2, 0.25) is 0 Å². The Balaban J connectivity index is 0.000000114. The molecule has 2 fully saturated rings. The summed E-state index contributed by atoms with van der Waals surface area (Å²) in [4.78, 5) is 9.37. The van der Waals surface area contributed by atoms with Gasteiger partial charge in [0.25, 0.3) is 0 Å². The zero-order valence-corrected chi connectivity index (χ0v) is 7.05. The molecule has 64 valence electrons. The Hall–Kier alpha value is -0.530. The molecule has 2 nitrogen and oxygen atoms in total. The molecule has 0 aromatic heterocycles. The van der Waals surface area contributed by atoms with Gasteiger partial charge in [-0.25, -0.2) is 0 Å². The SMILES string of the molecule is C1CC1C1CC1.CCC(=O)O. The second-order valence-corrected chi connectivity index (χ2v) is 3.42. The molecule has 2 aliphatic rings. The summed E-state index contributed by atoms with van der Waals surface area (Å²) in [5, 5.41) is 7.72. The lowest BCUT2D eigenvalue weighted by Gasteiger charge is -1.77. The minimum Gasteiger partial charge on any atom is -0.481 e. The fourth-order valence-corrected chi connectivity index (χ4v) is 1.14. The Morgan fingerprint density at radius 1 is 1.27 bits per heavy atom. The van der Waals surface area contributed by atoms with E-state index in [1.165, 1.54) is 11.8 Å². The van der Waals surface area contributed by atoms with Gasteiger partial charge in [0.1, 0.15) is 0 Å². The summed E-state index contributed by atoms with van der Waals surface area (Å²) in [5.41, 5.74) is 0. The van der Waals surface area contributed by atoms with Gasteiger partial charge in [-0.15, -0.1) is 0 Å². The van der Waals surface area contributed by atoms with E-state index in [1.807, 2.05) is 0 Å². The second-order valence-electron chi connectivity index (χ2n) is 3.42. The summed E-state index contributed by atoms with van der Waals surface area (Å²) >= 11 is 0. The summed E-state index contributed by atoms with van der Waals surface area (Å²) in [7, 11) is 0. The third-order valence-corrected chi connectivity index (χ3v) is 2.21. The summed E-state index contributed by atoms with van der Waals surface area (Å²) < 4.78 is 0. The van der Waals surface area contributed by atoms with Crippen LogP contribution in [-0.4, -0.2) is 11.1 Å². The van der Waals surface area contributed by atoms with Gasteiger partial charge in [-0.1, -0.05) is 6.92 Å². The van der Waals surface area contributed by atoms with Crippen molar-refractivity contribution < 1.29 is 9.90 Å². The van der Waals surface area contributed by atoms with Crippen LogP contribution in [0.1, 0.15) is 39.0 Å². The van der Waals surface area contributed by atoms with E-state index in [0.717, 1.165) is 0 Å². The van der Waals surface area contributed by atoms with E-state index < -0.39 is 5.97 Å². The number of carboxylic acids is 1. The number of carboxylic acid groups (broad SMARTS) is 1. The molecule has 2 saturated carbocycles. The number of carbonyl (C=O) groups is 1. The van der Waals surface area contributed by atoms with Crippen molar-refractivity contribution >= 4 is 5.97 Å². The Morgan fingerprint density at radius 3 is 1.64 bits per heavy atom. The quantitative estimate of drug-likeness (QED) is 0.666. The van der Waals surface area contributed by atoms with Crippen LogP contribution >= 0.6 is 0 Å². The van der Waals surface area contributed by atoms with Crippen molar-refractivity contribution in [3.63, 3.8) is 0 Å². The first-order chi connectivity index (χ1) is 5.24. The number of rotatable bonds is 2. The van der Waals surface area contributed by atoms with E-state index in [2.05, 4.69) is 0 Å². The first-order valence-corrected chi connectivity index (χ1v) is 4.45. The molecule has 0 atom stereocenters. The van der Waals surface area contributed by atoms with E-state index in [9.17, 15) is 4.79 Å². The topological polar surface area (TPSA) is 37.3 Å². The fourth-order valence-electron chi connectivity index (χ4n) is 1.14. The molecular weight excluding hydrogens is 140 g/mol. The van der Waals surface area contributed by atoms with Gasteiger partial charge in [0, 0.05) is 6.42 Å². The summed E-state index contributed by atoms with van der Waals surface area (Å²) in [6.07, 6.45) is 6.46. The van der Waals surface area contributed by atoms with Crippen LogP contribution < -0.4 is 0 Å². The maximum Gasteiger partial charge on any atom is 0.303 e. The maximum absolute atomic E-state index is 9.37. The molecule has 0 aliphatic heterocycles. The Bertz CT molecular complexity index is 124. The van der Waals surface area contributed by atoms with E-state index in [-0.39, 0.29) is 6.42 Å². The van der Waals surface area contributed by atoms with E-state index in [0.29, 0.717) is 0 Å². The van der Waals surface area contributed by atoms with Crippen molar-refractivity contribution in [3.8, 4) is 0 Å². The van der Waals surface area contributed by atoms with Crippen LogP contribution in [0.5, 0.6) is 0 Å². The third-order valence-electron chi connectivity index (χ3n) is 2.21. The maximum atomic E-state index is 9.37. The van der Waals surface area contributed by atoms with Crippen LogP contribution in [0.15, 0.2) is 0 Å². The Kier molecular flexibility index (Phi) is 2.92. The molecular formula is C9H16O2. The average Bonchev–Trinajstić information content (AvgIpc) is 2.79. The fraction of sp³-hybridized carbons (Fsp3) is 0.889. The van der Waals surface area contributed by atoms with E-state index >= 15 is 0 Å². The Morgan fingerprint density at radius 2 is 1.55 bits per heavy atom.